The minimum atomic E-state index is -0.693. The third-order valence-corrected chi connectivity index (χ3v) is 3.75. The standard InChI is InChI=1S/C19H19ClN2O5/c1-11-6-12(2)8-13(7-11)19(25)27-10-17(23)21-22-18(24)15-9-14(20)4-5-16(15)26-3/h4-9H,10H2,1-3H3,(H,21,23)(H,22,24). The van der Waals surface area contributed by atoms with Gasteiger partial charge in [-0.3, -0.25) is 20.4 Å². The molecule has 0 heterocycles. The molecule has 0 spiro atoms. The van der Waals surface area contributed by atoms with E-state index in [1.165, 1.54) is 19.2 Å². The average molecular weight is 391 g/mol. The van der Waals surface area contributed by atoms with Crippen molar-refractivity contribution >= 4 is 29.4 Å². The zero-order valence-electron chi connectivity index (χ0n) is 15.1. The fraction of sp³-hybridized carbons (Fsp3) is 0.211. The Bertz CT molecular complexity index is 862. The van der Waals surface area contributed by atoms with Crippen LogP contribution in [0.1, 0.15) is 31.8 Å². The highest BCUT2D eigenvalue weighted by molar-refractivity contribution is 6.31. The summed E-state index contributed by atoms with van der Waals surface area (Å²) in [6, 6.07) is 9.76. The van der Waals surface area contributed by atoms with Gasteiger partial charge in [0.25, 0.3) is 11.8 Å². The fourth-order valence-electron chi connectivity index (χ4n) is 2.39. The topological polar surface area (TPSA) is 93.7 Å². The van der Waals surface area contributed by atoms with E-state index in [1.54, 1.807) is 18.2 Å². The summed E-state index contributed by atoms with van der Waals surface area (Å²) >= 11 is 5.87. The number of amides is 2. The van der Waals surface area contributed by atoms with Crippen LogP contribution in [0.3, 0.4) is 0 Å². The maximum Gasteiger partial charge on any atom is 0.338 e. The molecule has 0 aliphatic carbocycles. The number of hydrogen-bond acceptors (Lipinski definition) is 5. The number of nitrogens with one attached hydrogen (secondary N) is 2. The molecule has 2 aromatic carbocycles. The summed E-state index contributed by atoms with van der Waals surface area (Å²) in [5.41, 5.74) is 6.71. The molecular formula is C19H19ClN2O5. The van der Waals surface area contributed by atoms with Crippen molar-refractivity contribution in [1.29, 1.82) is 0 Å². The van der Waals surface area contributed by atoms with Gasteiger partial charge in [-0.15, -0.1) is 0 Å². The lowest BCUT2D eigenvalue weighted by Gasteiger charge is -2.11. The van der Waals surface area contributed by atoms with E-state index in [9.17, 15) is 14.4 Å². The van der Waals surface area contributed by atoms with E-state index in [2.05, 4.69) is 10.9 Å². The molecule has 2 amide bonds. The van der Waals surface area contributed by atoms with Gasteiger partial charge in [0.2, 0.25) is 0 Å². The molecule has 2 aromatic rings. The highest BCUT2D eigenvalue weighted by atomic mass is 35.5. The van der Waals surface area contributed by atoms with Gasteiger partial charge in [0, 0.05) is 5.02 Å². The number of esters is 1. The van der Waals surface area contributed by atoms with Gasteiger partial charge in [-0.1, -0.05) is 28.8 Å². The lowest BCUT2D eigenvalue weighted by atomic mass is 10.1. The van der Waals surface area contributed by atoms with Gasteiger partial charge in [0.15, 0.2) is 6.61 Å². The number of carbonyl (C=O) groups excluding carboxylic acids is 3. The first-order valence-electron chi connectivity index (χ1n) is 7.98. The molecule has 0 saturated heterocycles. The third-order valence-electron chi connectivity index (χ3n) is 3.51. The van der Waals surface area contributed by atoms with E-state index < -0.39 is 24.4 Å². The van der Waals surface area contributed by atoms with Crippen molar-refractivity contribution in [2.24, 2.45) is 0 Å². The first kappa shape index (κ1) is 20.3. The molecule has 2 N–H and O–H groups in total. The molecule has 0 unspecified atom stereocenters. The van der Waals surface area contributed by atoms with Crippen LogP contribution in [0.2, 0.25) is 5.02 Å². The smallest absolute Gasteiger partial charge is 0.338 e. The van der Waals surface area contributed by atoms with Crippen LogP contribution in [0.25, 0.3) is 0 Å². The normalized spacial score (nSPS) is 10.1. The zero-order chi connectivity index (χ0) is 20.0. The van der Waals surface area contributed by atoms with E-state index in [0.717, 1.165) is 11.1 Å². The molecule has 8 heteroatoms. The maximum absolute atomic E-state index is 12.1. The Hall–Kier alpha value is -3.06. The second-order valence-electron chi connectivity index (χ2n) is 5.80. The Labute approximate surface area is 161 Å². The summed E-state index contributed by atoms with van der Waals surface area (Å²) in [7, 11) is 1.41. The monoisotopic (exact) mass is 390 g/mol. The van der Waals surface area contributed by atoms with Crippen LogP contribution in [-0.4, -0.2) is 31.5 Å². The molecule has 0 fully saturated rings. The highest BCUT2D eigenvalue weighted by Crippen LogP contribution is 2.22. The largest absolute Gasteiger partial charge is 0.496 e. The summed E-state index contributed by atoms with van der Waals surface area (Å²) in [6.45, 7) is 3.17. The summed E-state index contributed by atoms with van der Waals surface area (Å²) in [4.78, 5) is 36.0. The maximum atomic E-state index is 12.1. The van der Waals surface area contributed by atoms with Crippen molar-refractivity contribution in [3.05, 3.63) is 63.7 Å². The van der Waals surface area contributed by atoms with Crippen molar-refractivity contribution in [1.82, 2.24) is 10.9 Å². The molecule has 142 valence electrons. The van der Waals surface area contributed by atoms with Gasteiger partial charge in [0.1, 0.15) is 5.75 Å². The van der Waals surface area contributed by atoms with E-state index >= 15 is 0 Å². The van der Waals surface area contributed by atoms with Crippen LogP contribution < -0.4 is 15.6 Å². The van der Waals surface area contributed by atoms with Crippen molar-refractivity contribution in [2.45, 2.75) is 13.8 Å². The Balaban J connectivity index is 1.88. The van der Waals surface area contributed by atoms with E-state index in [-0.39, 0.29) is 5.56 Å². The number of hydrazine groups is 1. The molecular weight excluding hydrogens is 372 g/mol. The Kier molecular flexibility index (Phi) is 6.79. The quantitative estimate of drug-likeness (QED) is 0.604. The van der Waals surface area contributed by atoms with Gasteiger partial charge in [0.05, 0.1) is 18.2 Å². The summed E-state index contributed by atoms with van der Waals surface area (Å²) in [5, 5.41) is 0.342. The molecule has 0 aliphatic rings. The van der Waals surface area contributed by atoms with Crippen LogP contribution in [0.15, 0.2) is 36.4 Å². The number of hydrogen-bond donors (Lipinski definition) is 2. The molecule has 0 aromatic heterocycles. The van der Waals surface area contributed by atoms with Crippen molar-refractivity contribution < 1.29 is 23.9 Å². The first-order valence-corrected chi connectivity index (χ1v) is 8.36. The van der Waals surface area contributed by atoms with Crippen LogP contribution >= 0.6 is 11.6 Å². The van der Waals surface area contributed by atoms with Crippen molar-refractivity contribution in [3.63, 3.8) is 0 Å². The van der Waals surface area contributed by atoms with Crippen molar-refractivity contribution in [3.8, 4) is 5.75 Å². The number of ether oxygens (including phenoxy) is 2. The Morgan fingerprint density at radius 1 is 1.00 bits per heavy atom. The molecule has 0 aliphatic heterocycles. The lowest BCUT2D eigenvalue weighted by molar-refractivity contribution is -0.125. The molecule has 0 radical (unpaired) electrons. The number of methoxy groups -OCH3 is 1. The molecule has 0 atom stereocenters. The highest BCUT2D eigenvalue weighted by Gasteiger charge is 2.15. The SMILES string of the molecule is COc1ccc(Cl)cc1C(=O)NNC(=O)COC(=O)c1cc(C)cc(C)c1. The number of benzene rings is 2. The summed E-state index contributed by atoms with van der Waals surface area (Å²) in [5.74, 6) is -1.64. The number of aryl methyl sites for hydroxylation is 2. The van der Waals surface area contributed by atoms with E-state index in [4.69, 9.17) is 21.1 Å². The third kappa shape index (κ3) is 5.72. The molecule has 2 rings (SSSR count). The van der Waals surface area contributed by atoms with Crippen LogP contribution in [0.5, 0.6) is 5.75 Å². The van der Waals surface area contributed by atoms with Crippen LogP contribution in [0.4, 0.5) is 0 Å². The fourth-order valence-corrected chi connectivity index (χ4v) is 2.57. The van der Waals surface area contributed by atoms with E-state index in [0.29, 0.717) is 16.3 Å². The van der Waals surface area contributed by atoms with Gasteiger partial charge in [-0.25, -0.2) is 4.79 Å². The Morgan fingerprint density at radius 3 is 2.30 bits per heavy atom. The molecule has 0 bridgehead atoms. The van der Waals surface area contributed by atoms with Crippen molar-refractivity contribution in [2.75, 3.05) is 13.7 Å². The number of halogens is 1. The van der Waals surface area contributed by atoms with Crippen LogP contribution in [0, 0.1) is 13.8 Å². The number of carbonyl (C=O) groups is 3. The second-order valence-corrected chi connectivity index (χ2v) is 6.24. The lowest BCUT2D eigenvalue weighted by Crippen LogP contribution is -2.43. The predicted molar refractivity (Wildman–Crippen MR) is 99.8 cm³/mol. The zero-order valence-corrected chi connectivity index (χ0v) is 15.8. The average Bonchev–Trinajstić information content (AvgIpc) is 2.63. The minimum absolute atomic E-state index is 0.150. The summed E-state index contributed by atoms with van der Waals surface area (Å²) < 4.78 is 10.0. The van der Waals surface area contributed by atoms with Crippen LogP contribution in [-0.2, 0) is 9.53 Å². The number of rotatable bonds is 5. The Morgan fingerprint density at radius 2 is 1.67 bits per heavy atom. The minimum Gasteiger partial charge on any atom is -0.496 e. The second kappa shape index (κ2) is 9.05. The van der Waals surface area contributed by atoms with Gasteiger partial charge >= 0.3 is 5.97 Å². The predicted octanol–water partition coefficient (Wildman–Crippen LogP) is 2.58. The molecule has 27 heavy (non-hydrogen) atoms. The first-order chi connectivity index (χ1) is 12.8. The summed E-state index contributed by atoms with van der Waals surface area (Å²) in [6.07, 6.45) is 0. The molecule has 7 nitrogen and oxygen atoms in total. The molecule has 0 saturated carbocycles. The van der Waals surface area contributed by atoms with Gasteiger partial charge < -0.3 is 9.47 Å². The van der Waals surface area contributed by atoms with Gasteiger partial charge in [-0.05, 0) is 44.2 Å². The van der Waals surface area contributed by atoms with Gasteiger partial charge in [-0.2, -0.15) is 0 Å². The van der Waals surface area contributed by atoms with E-state index in [1.807, 2.05) is 19.9 Å².